The number of hydrogen-bond acceptors (Lipinski definition) is 5. The van der Waals surface area contributed by atoms with E-state index < -0.39 is 27.4 Å². The van der Waals surface area contributed by atoms with Gasteiger partial charge >= 0.3 is 0 Å². The second-order valence-electron chi connectivity index (χ2n) is 11.6. The molecule has 0 aliphatic carbocycles. The number of carbonyl (C=O) groups is 3. The standard InChI is InChI=1S/C33H39N3O4S/c1-6-17-34(24-11-9-8-10-12-24)29(38)26-27-30(39)36(19-20-37)28(33(27)16-15-32(26,5)41-33)31(40)35(18-7-2)25-21-22(3)13-14-23(25)4/h6-14,21,26-28,37H,1-2,15-20H2,3-5H3/t26-,27-,28?,32+,33?/m0/s1. The van der Waals surface area contributed by atoms with Crippen molar-refractivity contribution in [3.63, 3.8) is 0 Å². The first-order valence-corrected chi connectivity index (χ1v) is 15.0. The number of benzene rings is 2. The molecular weight excluding hydrogens is 534 g/mol. The highest BCUT2D eigenvalue weighted by molar-refractivity contribution is 8.02. The fourth-order valence-corrected chi connectivity index (χ4v) is 9.59. The number of amides is 3. The Hall–Kier alpha value is -3.36. The van der Waals surface area contributed by atoms with Gasteiger partial charge in [0.15, 0.2) is 0 Å². The van der Waals surface area contributed by atoms with E-state index in [9.17, 15) is 19.5 Å². The van der Waals surface area contributed by atoms with E-state index in [-0.39, 0.29) is 37.4 Å². The van der Waals surface area contributed by atoms with Crippen molar-refractivity contribution in [2.75, 3.05) is 36.0 Å². The number of aliphatic hydroxyl groups is 1. The van der Waals surface area contributed by atoms with Crippen molar-refractivity contribution in [1.29, 1.82) is 0 Å². The summed E-state index contributed by atoms with van der Waals surface area (Å²) in [6, 6.07) is 14.6. The van der Waals surface area contributed by atoms with Crippen molar-refractivity contribution < 1.29 is 19.5 Å². The highest BCUT2D eigenvalue weighted by Crippen LogP contribution is 2.71. The van der Waals surface area contributed by atoms with Crippen LogP contribution in [0.4, 0.5) is 11.4 Å². The van der Waals surface area contributed by atoms with E-state index in [0.29, 0.717) is 13.0 Å². The number of nitrogens with zero attached hydrogens (tertiary/aromatic N) is 3. The Morgan fingerprint density at radius 3 is 2.39 bits per heavy atom. The molecular formula is C33H39N3O4S. The minimum atomic E-state index is -0.804. The van der Waals surface area contributed by atoms with Gasteiger partial charge in [0.2, 0.25) is 11.8 Å². The zero-order chi connectivity index (χ0) is 29.5. The number of thioether (sulfide) groups is 1. The molecule has 8 heteroatoms. The first-order chi connectivity index (χ1) is 19.6. The summed E-state index contributed by atoms with van der Waals surface area (Å²) in [6.07, 6.45) is 4.76. The van der Waals surface area contributed by atoms with Crippen molar-refractivity contribution in [3.05, 3.63) is 85.0 Å². The lowest BCUT2D eigenvalue weighted by molar-refractivity contribution is -0.140. The fraction of sp³-hybridized carbons (Fsp3) is 0.424. The third-order valence-corrected chi connectivity index (χ3v) is 11.0. The van der Waals surface area contributed by atoms with Crippen molar-refractivity contribution in [2.24, 2.45) is 11.8 Å². The highest BCUT2D eigenvalue weighted by Gasteiger charge is 2.77. The number of likely N-dealkylation sites (tertiary alicyclic amines) is 1. The molecule has 3 fully saturated rings. The third-order valence-electron chi connectivity index (χ3n) is 9.00. The zero-order valence-electron chi connectivity index (χ0n) is 24.1. The minimum absolute atomic E-state index is 0.0372. The zero-order valence-corrected chi connectivity index (χ0v) is 24.9. The van der Waals surface area contributed by atoms with Crippen LogP contribution in [0, 0.1) is 25.7 Å². The molecule has 3 aliphatic heterocycles. The molecule has 3 saturated heterocycles. The molecule has 5 rings (SSSR count). The Balaban J connectivity index is 1.60. The van der Waals surface area contributed by atoms with Crippen LogP contribution in [0.25, 0.3) is 0 Å². The molecule has 2 unspecified atom stereocenters. The van der Waals surface area contributed by atoms with Gasteiger partial charge in [-0.3, -0.25) is 14.4 Å². The predicted molar refractivity (Wildman–Crippen MR) is 165 cm³/mol. The van der Waals surface area contributed by atoms with Crippen molar-refractivity contribution in [2.45, 2.75) is 49.1 Å². The minimum Gasteiger partial charge on any atom is -0.395 e. The number of hydrogen-bond donors (Lipinski definition) is 1. The third kappa shape index (κ3) is 4.61. The molecule has 0 saturated carbocycles. The number of aryl methyl sites for hydroxylation is 2. The molecule has 5 atom stereocenters. The van der Waals surface area contributed by atoms with Gasteiger partial charge in [0.05, 0.1) is 23.2 Å². The summed E-state index contributed by atoms with van der Waals surface area (Å²) in [7, 11) is 0. The monoisotopic (exact) mass is 573 g/mol. The van der Waals surface area contributed by atoms with E-state index in [1.807, 2.05) is 62.4 Å². The number of para-hydroxylation sites is 1. The molecule has 41 heavy (non-hydrogen) atoms. The van der Waals surface area contributed by atoms with Crippen LogP contribution in [0.1, 0.15) is 30.9 Å². The Kier molecular flexibility index (Phi) is 7.92. The van der Waals surface area contributed by atoms with Crippen LogP contribution in [0.5, 0.6) is 0 Å². The molecule has 216 valence electrons. The Morgan fingerprint density at radius 2 is 1.73 bits per heavy atom. The first kappa shape index (κ1) is 29.1. The average molecular weight is 574 g/mol. The number of anilines is 2. The Labute approximate surface area is 246 Å². The second-order valence-corrected chi connectivity index (χ2v) is 13.5. The van der Waals surface area contributed by atoms with Crippen LogP contribution in [0.15, 0.2) is 73.8 Å². The van der Waals surface area contributed by atoms with Gasteiger partial charge in [-0.05, 0) is 62.9 Å². The maximum absolute atomic E-state index is 14.7. The topological polar surface area (TPSA) is 81.2 Å². The van der Waals surface area contributed by atoms with E-state index in [1.54, 1.807) is 38.6 Å². The average Bonchev–Trinajstić information content (AvgIpc) is 3.52. The lowest BCUT2D eigenvalue weighted by atomic mass is 9.66. The Morgan fingerprint density at radius 1 is 1.05 bits per heavy atom. The van der Waals surface area contributed by atoms with E-state index in [2.05, 4.69) is 20.1 Å². The van der Waals surface area contributed by atoms with E-state index >= 15 is 0 Å². The van der Waals surface area contributed by atoms with Gasteiger partial charge in [0.1, 0.15) is 6.04 Å². The number of rotatable bonds is 10. The molecule has 2 aromatic rings. The van der Waals surface area contributed by atoms with Crippen molar-refractivity contribution in [3.8, 4) is 0 Å². The fourth-order valence-electron chi connectivity index (χ4n) is 7.25. The lowest BCUT2D eigenvalue weighted by Gasteiger charge is -2.38. The lowest BCUT2D eigenvalue weighted by Crippen LogP contribution is -2.55. The number of aliphatic hydroxyl groups excluding tert-OH is 1. The van der Waals surface area contributed by atoms with Crippen molar-refractivity contribution in [1.82, 2.24) is 4.90 Å². The number of fused-ring (bicyclic) bond motifs is 1. The van der Waals surface area contributed by atoms with Crippen LogP contribution >= 0.6 is 11.8 Å². The largest absolute Gasteiger partial charge is 0.395 e. The predicted octanol–water partition coefficient (Wildman–Crippen LogP) is 4.52. The smallest absolute Gasteiger partial charge is 0.251 e. The highest BCUT2D eigenvalue weighted by atomic mass is 32.2. The summed E-state index contributed by atoms with van der Waals surface area (Å²) in [5.41, 5.74) is 3.50. The Bertz CT molecular complexity index is 1380. The van der Waals surface area contributed by atoms with Gasteiger partial charge in [-0.1, -0.05) is 42.5 Å². The summed E-state index contributed by atoms with van der Waals surface area (Å²) in [5, 5.41) is 10.0. The summed E-state index contributed by atoms with van der Waals surface area (Å²) in [5.74, 6) is -1.82. The normalized spacial score (nSPS) is 28.0. The molecule has 0 aromatic heterocycles. The van der Waals surface area contributed by atoms with E-state index in [1.165, 1.54) is 0 Å². The second kappa shape index (κ2) is 11.1. The van der Waals surface area contributed by atoms with Crippen LogP contribution in [0.3, 0.4) is 0 Å². The summed E-state index contributed by atoms with van der Waals surface area (Å²) >= 11 is 1.64. The SMILES string of the molecule is C=CCN(C(=O)[C@@H]1[C@H]2C(=O)N(CCO)C(C(=O)N(CC=C)c3cc(C)ccc3C)C23CC[C@@]1(C)S3)c1ccccc1. The van der Waals surface area contributed by atoms with Gasteiger partial charge < -0.3 is 19.8 Å². The van der Waals surface area contributed by atoms with Crippen LogP contribution in [-0.2, 0) is 14.4 Å². The molecule has 0 radical (unpaired) electrons. The molecule has 2 bridgehead atoms. The van der Waals surface area contributed by atoms with Crippen molar-refractivity contribution >= 4 is 40.9 Å². The first-order valence-electron chi connectivity index (χ1n) is 14.2. The van der Waals surface area contributed by atoms with E-state index in [0.717, 1.165) is 28.9 Å². The molecule has 7 nitrogen and oxygen atoms in total. The van der Waals surface area contributed by atoms with Gasteiger partial charge in [-0.15, -0.1) is 24.9 Å². The van der Waals surface area contributed by atoms with Gasteiger partial charge in [0.25, 0.3) is 5.91 Å². The summed E-state index contributed by atoms with van der Waals surface area (Å²) < 4.78 is -1.27. The van der Waals surface area contributed by atoms with Gasteiger partial charge in [0, 0.05) is 35.8 Å². The summed E-state index contributed by atoms with van der Waals surface area (Å²) in [6.45, 7) is 14.2. The quantitative estimate of drug-likeness (QED) is 0.423. The van der Waals surface area contributed by atoms with Gasteiger partial charge in [-0.2, -0.15) is 0 Å². The molecule has 1 spiro atoms. The molecule has 3 heterocycles. The summed E-state index contributed by atoms with van der Waals surface area (Å²) in [4.78, 5) is 48.4. The van der Waals surface area contributed by atoms with E-state index in [4.69, 9.17) is 0 Å². The molecule has 1 N–H and O–H groups in total. The maximum Gasteiger partial charge on any atom is 0.251 e. The van der Waals surface area contributed by atoms with Crippen LogP contribution < -0.4 is 9.80 Å². The van der Waals surface area contributed by atoms with Crippen LogP contribution in [-0.4, -0.2) is 69.5 Å². The molecule has 2 aromatic carbocycles. The van der Waals surface area contributed by atoms with Gasteiger partial charge in [-0.25, -0.2) is 0 Å². The van der Waals surface area contributed by atoms with Crippen LogP contribution in [0.2, 0.25) is 0 Å². The molecule has 3 amide bonds. The number of carbonyl (C=O) groups excluding carboxylic acids is 3. The maximum atomic E-state index is 14.7. The number of β-amino-alcohol motifs (C(OH)–C–C–N with tert-alkyl or cyclic N) is 1. The molecule has 3 aliphatic rings.